The Morgan fingerprint density at radius 2 is 1.79 bits per heavy atom. The standard InChI is InChI=1S/C25H34N4O4/c1-27-14-8-4-2-3-5-9-16-32-22-17-28(24(30)19-29-15-10-13-26-29)18-23(22)33-21-12-7-6-11-20(21)25(27)31/h6-7,10-13,15,22-23H,2-5,8-9,14,16-19H2,1H3/t22-,23-/m1/s1. The lowest BCUT2D eigenvalue weighted by Crippen LogP contribution is -2.34. The molecule has 33 heavy (non-hydrogen) atoms. The van der Waals surface area contributed by atoms with Crippen LogP contribution in [0, 0.1) is 0 Å². The fraction of sp³-hybridized carbons (Fsp3) is 0.560. The predicted octanol–water partition coefficient (Wildman–Crippen LogP) is 2.98. The molecule has 2 aromatic rings. The molecule has 0 radical (unpaired) electrons. The number of amides is 2. The lowest BCUT2D eigenvalue weighted by atomic mass is 10.1. The Labute approximate surface area is 195 Å². The van der Waals surface area contributed by atoms with Crippen molar-refractivity contribution in [3.63, 3.8) is 0 Å². The molecule has 0 spiro atoms. The molecule has 8 heteroatoms. The summed E-state index contributed by atoms with van der Waals surface area (Å²) >= 11 is 0. The Hall–Kier alpha value is -2.87. The van der Waals surface area contributed by atoms with E-state index in [0.717, 1.165) is 32.2 Å². The molecule has 0 aliphatic carbocycles. The van der Waals surface area contributed by atoms with Crippen LogP contribution in [-0.4, -0.2) is 76.9 Å². The first-order valence-electron chi connectivity index (χ1n) is 12.0. The van der Waals surface area contributed by atoms with E-state index < -0.39 is 0 Å². The summed E-state index contributed by atoms with van der Waals surface area (Å²) in [4.78, 5) is 29.5. The van der Waals surface area contributed by atoms with Gasteiger partial charge in [-0.05, 0) is 31.0 Å². The van der Waals surface area contributed by atoms with Gasteiger partial charge in [0, 0.05) is 32.6 Å². The second-order valence-electron chi connectivity index (χ2n) is 8.91. The largest absolute Gasteiger partial charge is 0.485 e. The molecule has 8 nitrogen and oxygen atoms in total. The summed E-state index contributed by atoms with van der Waals surface area (Å²) in [5.74, 6) is 0.481. The van der Waals surface area contributed by atoms with E-state index in [1.165, 1.54) is 12.8 Å². The molecule has 178 valence electrons. The summed E-state index contributed by atoms with van der Waals surface area (Å²) in [6, 6.07) is 9.17. The third-order valence-electron chi connectivity index (χ3n) is 6.39. The predicted molar refractivity (Wildman–Crippen MR) is 124 cm³/mol. The normalized spacial score (nSPS) is 23.0. The van der Waals surface area contributed by atoms with Gasteiger partial charge < -0.3 is 19.3 Å². The van der Waals surface area contributed by atoms with Gasteiger partial charge in [0.1, 0.15) is 24.5 Å². The SMILES string of the molecule is CN1CCCCCCCCO[C@@H]2CN(C(=O)Cn3cccn3)C[C@H]2Oc2ccccc2C1=O. The molecule has 1 aromatic heterocycles. The summed E-state index contributed by atoms with van der Waals surface area (Å²) in [7, 11) is 1.85. The monoisotopic (exact) mass is 454 g/mol. The molecule has 1 fully saturated rings. The van der Waals surface area contributed by atoms with E-state index in [0.29, 0.717) is 31.0 Å². The van der Waals surface area contributed by atoms with Crippen molar-refractivity contribution in [2.45, 2.75) is 57.3 Å². The number of aromatic nitrogens is 2. The molecule has 2 amide bonds. The Morgan fingerprint density at radius 3 is 2.61 bits per heavy atom. The Balaban J connectivity index is 1.52. The molecule has 1 aromatic carbocycles. The first-order chi connectivity index (χ1) is 16.1. The van der Waals surface area contributed by atoms with Crippen molar-refractivity contribution < 1.29 is 19.1 Å². The second kappa shape index (κ2) is 11.3. The zero-order chi connectivity index (χ0) is 23.0. The molecule has 2 aliphatic heterocycles. The maximum atomic E-state index is 13.1. The van der Waals surface area contributed by atoms with Crippen molar-refractivity contribution in [2.75, 3.05) is 33.3 Å². The zero-order valence-corrected chi connectivity index (χ0v) is 19.4. The number of ether oxygens (including phenoxy) is 2. The van der Waals surface area contributed by atoms with Crippen LogP contribution in [-0.2, 0) is 16.1 Å². The van der Waals surface area contributed by atoms with Crippen LogP contribution in [0.25, 0.3) is 0 Å². The van der Waals surface area contributed by atoms with Crippen molar-refractivity contribution in [3.05, 3.63) is 48.3 Å². The number of carbonyl (C=O) groups excluding carboxylic acids is 2. The van der Waals surface area contributed by atoms with Crippen molar-refractivity contribution in [3.8, 4) is 5.75 Å². The Morgan fingerprint density at radius 1 is 1.03 bits per heavy atom. The summed E-state index contributed by atoms with van der Waals surface area (Å²) in [5, 5.41) is 4.14. The Kier molecular flexibility index (Phi) is 7.99. The molecule has 3 heterocycles. The number of hydrogen-bond acceptors (Lipinski definition) is 5. The lowest BCUT2D eigenvalue weighted by Gasteiger charge is -2.24. The third kappa shape index (κ3) is 6.13. The molecular weight excluding hydrogens is 420 g/mol. The van der Waals surface area contributed by atoms with E-state index in [2.05, 4.69) is 5.10 Å². The fourth-order valence-corrected chi connectivity index (χ4v) is 4.46. The second-order valence-corrected chi connectivity index (χ2v) is 8.91. The third-order valence-corrected chi connectivity index (χ3v) is 6.39. The number of nitrogens with zero attached hydrogens (tertiary/aromatic N) is 4. The number of para-hydroxylation sites is 1. The maximum Gasteiger partial charge on any atom is 0.257 e. The lowest BCUT2D eigenvalue weighted by molar-refractivity contribution is -0.131. The number of fused-ring (bicyclic) bond motifs is 2. The molecule has 4 rings (SSSR count). The Bertz CT molecular complexity index is 917. The van der Waals surface area contributed by atoms with Crippen LogP contribution in [0.2, 0.25) is 0 Å². The highest BCUT2D eigenvalue weighted by molar-refractivity contribution is 5.96. The molecular formula is C25H34N4O4. The summed E-state index contributed by atoms with van der Waals surface area (Å²) in [5.41, 5.74) is 0.548. The van der Waals surface area contributed by atoms with E-state index in [-0.39, 0.29) is 30.6 Å². The van der Waals surface area contributed by atoms with Crippen LogP contribution in [0.15, 0.2) is 42.7 Å². The van der Waals surface area contributed by atoms with Crippen molar-refractivity contribution in [1.82, 2.24) is 19.6 Å². The molecule has 0 bridgehead atoms. The molecule has 0 unspecified atom stereocenters. The fourth-order valence-electron chi connectivity index (χ4n) is 4.46. The molecule has 0 saturated carbocycles. The summed E-state index contributed by atoms with van der Waals surface area (Å²) in [6.07, 6.45) is 9.45. The van der Waals surface area contributed by atoms with E-state index in [9.17, 15) is 9.59 Å². The first kappa shape index (κ1) is 23.3. The zero-order valence-electron chi connectivity index (χ0n) is 19.4. The average molecular weight is 455 g/mol. The van der Waals surface area contributed by atoms with E-state index in [1.54, 1.807) is 32.9 Å². The van der Waals surface area contributed by atoms with Gasteiger partial charge in [0.2, 0.25) is 5.91 Å². The van der Waals surface area contributed by atoms with Crippen LogP contribution in [0.3, 0.4) is 0 Å². The van der Waals surface area contributed by atoms with Crippen molar-refractivity contribution >= 4 is 11.8 Å². The highest BCUT2D eigenvalue weighted by Gasteiger charge is 2.38. The highest BCUT2D eigenvalue weighted by Crippen LogP contribution is 2.26. The van der Waals surface area contributed by atoms with Gasteiger partial charge in [-0.1, -0.05) is 37.8 Å². The number of carbonyl (C=O) groups is 2. The van der Waals surface area contributed by atoms with Gasteiger partial charge in [0.05, 0.1) is 18.7 Å². The van der Waals surface area contributed by atoms with Gasteiger partial charge in [-0.2, -0.15) is 5.10 Å². The minimum Gasteiger partial charge on any atom is -0.485 e. The van der Waals surface area contributed by atoms with E-state index in [4.69, 9.17) is 9.47 Å². The van der Waals surface area contributed by atoms with Crippen LogP contribution in [0.4, 0.5) is 0 Å². The minimum absolute atomic E-state index is 0.0200. The van der Waals surface area contributed by atoms with Gasteiger partial charge in [0.15, 0.2) is 0 Å². The maximum absolute atomic E-state index is 13.1. The smallest absolute Gasteiger partial charge is 0.257 e. The van der Waals surface area contributed by atoms with E-state index >= 15 is 0 Å². The van der Waals surface area contributed by atoms with Gasteiger partial charge in [-0.15, -0.1) is 0 Å². The number of likely N-dealkylation sites (tertiary alicyclic amines) is 1. The first-order valence-corrected chi connectivity index (χ1v) is 12.0. The molecule has 0 N–H and O–H groups in total. The minimum atomic E-state index is -0.335. The van der Waals surface area contributed by atoms with Crippen molar-refractivity contribution in [2.24, 2.45) is 0 Å². The molecule has 1 saturated heterocycles. The van der Waals surface area contributed by atoms with Gasteiger partial charge in [-0.25, -0.2) is 0 Å². The van der Waals surface area contributed by atoms with Crippen LogP contribution in [0.5, 0.6) is 5.75 Å². The van der Waals surface area contributed by atoms with Crippen LogP contribution >= 0.6 is 0 Å². The summed E-state index contributed by atoms with van der Waals surface area (Å²) in [6.45, 7) is 2.46. The number of hydrogen-bond donors (Lipinski definition) is 0. The number of rotatable bonds is 2. The van der Waals surface area contributed by atoms with Crippen LogP contribution < -0.4 is 4.74 Å². The quantitative estimate of drug-likeness (QED) is 0.697. The van der Waals surface area contributed by atoms with Gasteiger partial charge >= 0.3 is 0 Å². The molecule has 2 aliphatic rings. The summed E-state index contributed by atoms with van der Waals surface area (Å²) < 4.78 is 14.2. The van der Waals surface area contributed by atoms with Crippen molar-refractivity contribution in [1.29, 1.82) is 0 Å². The topological polar surface area (TPSA) is 76.9 Å². The van der Waals surface area contributed by atoms with Crippen LogP contribution in [0.1, 0.15) is 48.9 Å². The average Bonchev–Trinajstić information content (AvgIpc) is 3.47. The number of benzene rings is 1. The van der Waals surface area contributed by atoms with Gasteiger partial charge in [-0.3, -0.25) is 14.3 Å². The molecule has 2 atom stereocenters. The highest BCUT2D eigenvalue weighted by atomic mass is 16.5. The van der Waals surface area contributed by atoms with Gasteiger partial charge in [0.25, 0.3) is 5.91 Å². The van der Waals surface area contributed by atoms with E-state index in [1.807, 2.05) is 31.3 Å².